The number of amides is 1. The molecule has 1 rings (SSSR count). The summed E-state index contributed by atoms with van der Waals surface area (Å²) in [6.45, 7) is 1.99. The van der Waals surface area contributed by atoms with Gasteiger partial charge in [0.1, 0.15) is 5.75 Å². The van der Waals surface area contributed by atoms with E-state index in [0.29, 0.717) is 17.9 Å². The van der Waals surface area contributed by atoms with E-state index in [9.17, 15) is 9.90 Å². The first-order valence-electron chi connectivity index (χ1n) is 4.86. The van der Waals surface area contributed by atoms with Crippen LogP contribution in [0.5, 0.6) is 5.75 Å². The monoisotopic (exact) mass is 225 g/mol. The van der Waals surface area contributed by atoms with Gasteiger partial charge in [0.05, 0.1) is 0 Å². The summed E-state index contributed by atoms with van der Waals surface area (Å²) >= 11 is 1.58. The summed E-state index contributed by atoms with van der Waals surface area (Å²) in [6.07, 6.45) is 1.18. The molecule has 0 saturated heterocycles. The molecule has 0 saturated carbocycles. The minimum atomic E-state index is -0.281. The quantitative estimate of drug-likeness (QED) is 0.752. The lowest BCUT2D eigenvalue weighted by molar-refractivity contribution is -0.117. The van der Waals surface area contributed by atoms with Crippen LogP contribution in [0.3, 0.4) is 0 Å². The molecule has 0 radical (unpaired) electrons. The smallest absolute Gasteiger partial charge is 0.218 e. The molecule has 82 valence electrons. The van der Waals surface area contributed by atoms with E-state index in [1.165, 1.54) is 0 Å². The van der Waals surface area contributed by atoms with Crippen molar-refractivity contribution in [2.75, 3.05) is 5.75 Å². The molecule has 0 aliphatic heterocycles. The van der Waals surface area contributed by atoms with Crippen LogP contribution in [0.2, 0.25) is 0 Å². The van der Waals surface area contributed by atoms with Crippen LogP contribution in [0.15, 0.2) is 23.1 Å². The SMILES string of the molecule is CCc1cc(SCCC(N)=O)ccc1O. The van der Waals surface area contributed by atoms with E-state index in [1.807, 2.05) is 19.1 Å². The summed E-state index contributed by atoms with van der Waals surface area (Å²) in [5.74, 6) is 0.734. The Bertz CT molecular complexity index is 352. The number of aryl methyl sites for hydroxylation is 1. The van der Waals surface area contributed by atoms with Crippen molar-refractivity contribution in [1.82, 2.24) is 0 Å². The second kappa shape index (κ2) is 5.66. The fourth-order valence-corrected chi connectivity index (χ4v) is 2.13. The first-order chi connectivity index (χ1) is 7.13. The number of primary amides is 1. The van der Waals surface area contributed by atoms with Gasteiger partial charge in [0.2, 0.25) is 5.91 Å². The second-order valence-electron chi connectivity index (χ2n) is 3.21. The van der Waals surface area contributed by atoms with Crippen LogP contribution in [-0.2, 0) is 11.2 Å². The second-order valence-corrected chi connectivity index (χ2v) is 4.38. The van der Waals surface area contributed by atoms with E-state index in [2.05, 4.69) is 0 Å². The van der Waals surface area contributed by atoms with Crippen molar-refractivity contribution < 1.29 is 9.90 Å². The highest BCUT2D eigenvalue weighted by molar-refractivity contribution is 7.99. The number of hydrogen-bond acceptors (Lipinski definition) is 3. The number of benzene rings is 1. The highest BCUT2D eigenvalue weighted by Crippen LogP contribution is 2.25. The summed E-state index contributed by atoms with van der Waals surface area (Å²) in [6, 6.07) is 5.48. The van der Waals surface area contributed by atoms with Crippen molar-refractivity contribution in [3.8, 4) is 5.75 Å². The number of carbonyl (C=O) groups is 1. The van der Waals surface area contributed by atoms with Crippen molar-refractivity contribution in [2.45, 2.75) is 24.7 Å². The van der Waals surface area contributed by atoms with Crippen LogP contribution >= 0.6 is 11.8 Å². The van der Waals surface area contributed by atoms with Gasteiger partial charge in [0, 0.05) is 17.1 Å². The molecule has 0 heterocycles. The van der Waals surface area contributed by atoms with Crippen LogP contribution < -0.4 is 5.73 Å². The first kappa shape index (κ1) is 11.9. The van der Waals surface area contributed by atoms with E-state index in [0.717, 1.165) is 16.9 Å². The van der Waals surface area contributed by atoms with Gasteiger partial charge in [0.15, 0.2) is 0 Å². The summed E-state index contributed by atoms with van der Waals surface area (Å²) in [4.78, 5) is 11.6. The molecule has 0 unspecified atom stereocenters. The van der Waals surface area contributed by atoms with Gasteiger partial charge in [0.25, 0.3) is 0 Å². The molecule has 0 atom stereocenters. The number of phenolic OH excluding ortho intramolecular Hbond substituents is 1. The van der Waals surface area contributed by atoms with Crippen LogP contribution in [0.1, 0.15) is 18.9 Å². The predicted molar refractivity (Wildman–Crippen MR) is 62.0 cm³/mol. The number of phenols is 1. The van der Waals surface area contributed by atoms with E-state index in [4.69, 9.17) is 5.73 Å². The molecule has 1 aromatic rings. The molecule has 0 fully saturated rings. The van der Waals surface area contributed by atoms with E-state index in [1.54, 1.807) is 17.8 Å². The summed E-state index contributed by atoms with van der Waals surface area (Å²) in [5, 5.41) is 9.47. The third-order valence-electron chi connectivity index (χ3n) is 2.05. The largest absolute Gasteiger partial charge is 0.508 e. The van der Waals surface area contributed by atoms with Crippen molar-refractivity contribution in [1.29, 1.82) is 0 Å². The zero-order chi connectivity index (χ0) is 11.3. The predicted octanol–water partition coefficient (Wildman–Crippen LogP) is 1.92. The topological polar surface area (TPSA) is 63.3 Å². The Kier molecular flexibility index (Phi) is 4.49. The number of thioether (sulfide) groups is 1. The number of hydrogen-bond donors (Lipinski definition) is 2. The van der Waals surface area contributed by atoms with Gasteiger partial charge in [-0.25, -0.2) is 0 Å². The summed E-state index contributed by atoms with van der Waals surface area (Å²) < 4.78 is 0. The van der Waals surface area contributed by atoms with E-state index in [-0.39, 0.29) is 5.91 Å². The molecule has 0 aromatic heterocycles. The molecular formula is C11H15NO2S. The zero-order valence-corrected chi connectivity index (χ0v) is 9.51. The Morgan fingerprint density at radius 1 is 1.53 bits per heavy atom. The fraction of sp³-hybridized carbons (Fsp3) is 0.364. The third-order valence-corrected chi connectivity index (χ3v) is 3.04. The Hall–Kier alpha value is -1.16. The Labute approximate surface area is 93.7 Å². The Morgan fingerprint density at radius 3 is 2.87 bits per heavy atom. The number of rotatable bonds is 5. The van der Waals surface area contributed by atoms with Gasteiger partial charge in [-0.05, 0) is 30.2 Å². The third kappa shape index (κ3) is 3.83. The van der Waals surface area contributed by atoms with E-state index < -0.39 is 0 Å². The van der Waals surface area contributed by atoms with Crippen molar-refractivity contribution in [2.24, 2.45) is 5.73 Å². The maximum Gasteiger partial charge on any atom is 0.218 e. The van der Waals surface area contributed by atoms with Crippen molar-refractivity contribution in [3.63, 3.8) is 0 Å². The lowest BCUT2D eigenvalue weighted by Gasteiger charge is -2.05. The highest BCUT2D eigenvalue weighted by atomic mass is 32.2. The zero-order valence-electron chi connectivity index (χ0n) is 8.69. The molecule has 0 spiro atoms. The van der Waals surface area contributed by atoms with Gasteiger partial charge in [-0.1, -0.05) is 6.92 Å². The molecule has 1 amide bonds. The normalized spacial score (nSPS) is 10.2. The van der Waals surface area contributed by atoms with Gasteiger partial charge < -0.3 is 10.8 Å². The molecule has 0 aliphatic rings. The van der Waals surface area contributed by atoms with Gasteiger partial charge >= 0.3 is 0 Å². The average Bonchev–Trinajstić information content (AvgIpc) is 2.20. The van der Waals surface area contributed by atoms with Crippen molar-refractivity contribution in [3.05, 3.63) is 23.8 Å². The number of nitrogens with two attached hydrogens (primary N) is 1. The molecule has 0 bridgehead atoms. The number of aromatic hydroxyl groups is 1. The molecule has 4 heteroatoms. The molecule has 3 N–H and O–H groups in total. The lowest BCUT2D eigenvalue weighted by Crippen LogP contribution is -2.10. The maximum absolute atomic E-state index is 10.5. The van der Waals surface area contributed by atoms with Crippen LogP contribution in [-0.4, -0.2) is 16.8 Å². The summed E-state index contributed by atoms with van der Waals surface area (Å²) in [7, 11) is 0. The highest BCUT2D eigenvalue weighted by Gasteiger charge is 2.02. The van der Waals surface area contributed by atoms with E-state index >= 15 is 0 Å². The summed E-state index contributed by atoms with van der Waals surface area (Å²) in [5.41, 5.74) is 5.97. The number of carbonyl (C=O) groups excluding carboxylic acids is 1. The minimum absolute atomic E-state index is 0.281. The average molecular weight is 225 g/mol. The first-order valence-corrected chi connectivity index (χ1v) is 5.85. The van der Waals surface area contributed by atoms with Crippen LogP contribution in [0.25, 0.3) is 0 Å². The van der Waals surface area contributed by atoms with Crippen LogP contribution in [0.4, 0.5) is 0 Å². The maximum atomic E-state index is 10.5. The fourth-order valence-electron chi connectivity index (χ4n) is 1.20. The van der Waals surface area contributed by atoms with Gasteiger partial charge in [-0.15, -0.1) is 11.8 Å². The van der Waals surface area contributed by atoms with Gasteiger partial charge in [-0.2, -0.15) is 0 Å². The molecule has 1 aromatic carbocycles. The molecular weight excluding hydrogens is 210 g/mol. The Morgan fingerprint density at radius 2 is 2.27 bits per heavy atom. The van der Waals surface area contributed by atoms with Gasteiger partial charge in [-0.3, -0.25) is 4.79 Å². The Balaban J connectivity index is 2.58. The molecule has 3 nitrogen and oxygen atoms in total. The van der Waals surface area contributed by atoms with Crippen LogP contribution in [0, 0.1) is 0 Å². The lowest BCUT2D eigenvalue weighted by atomic mass is 10.1. The minimum Gasteiger partial charge on any atom is -0.508 e. The standard InChI is InChI=1S/C11H15NO2S/c1-2-8-7-9(3-4-10(8)13)15-6-5-11(12)14/h3-4,7,13H,2,5-6H2,1H3,(H2,12,14). The molecule has 0 aliphatic carbocycles. The molecule has 15 heavy (non-hydrogen) atoms. The van der Waals surface area contributed by atoms with Crippen molar-refractivity contribution >= 4 is 17.7 Å².